The molecular formula is C24H23NO6S2. The van der Waals surface area contributed by atoms with E-state index in [9.17, 15) is 16.8 Å². The monoisotopic (exact) mass is 485 g/mol. The summed E-state index contributed by atoms with van der Waals surface area (Å²) in [6.45, 7) is 0. The second-order valence-electron chi connectivity index (χ2n) is 6.78. The van der Waals surface area contributed by atoms with Crippen molar-refractivity contribution in [3.63, 3.8) is 0 Å². The van der Waals surface area contributed by atoms with E-state index in [2.05, 4.69) is 0 Å². The molecule has 0 aliphatic heterocycles. The molecule has 0 spiro atoms. The summed E-state index contributed by atoms with van der Waals surface area (Å²) in [5.41, 5.74) is 1.05. The topological polar surface area (TPSA) is 90.0 Å². The maximum Gasteiger partial charge on any atom is 0.270 e. The van der Waals surface area contributed by atoms with Crippen molar-refractivity contribution in [2.75, 3.05) is 17.9 Å². The fraction of sp³-hybridized carbons (Fsp3) is 0.0833. The zero-order valence-electron chi connectivity index (χ0n) is 18.0. The molecule has 9 heteroatoms. The lowest BCUT2D eigenvalue weighted by atomic mass is 10.2. The van der Waals surface area contributed by atoms with Crippen molar-refractivity contribution >= 4 is 37.9 Å². The van der Waals surface area contributed by atoms with E-state index in [0.29, 0.717) is 14.8 Å². The van der Waals surface area contributed by atoms with Crippen molar-refractivity contribution in [2.24, 2.45) is 0 Å². The molecule has 3 rings (SSSR count). The highest BCUT2D eigenvalue weighted by molar-refractivity contribution is 8.12. The molecule has 0 N–H and O–H groups in total. The third-order valence-electron chi connectivity index (χ3n) is 4.47. The average Bonchev–Trinajstić information content (AvgIpc) is 2.82. The van der Waals surface area contributed by atoms with Gasteiger partial charge in [-0.1, -0.05) is 60.7 Å². The van der Waals surface area contributed by atoms with E-state index in [-0.39, 0.29) is 17.2 Å². The Morgan fingerprint density at radius 2 is 1.03 bits per heavy atom. The molecular weight excluding hydrogens is 462 g/mol. The molecule has 3 aromatic carbocycles. The van der Waals surface area contributed by atoms with Gasteiger partial charge in [-0.25, -0.2) is 16.8 Å². The molecule has 0 saturated heterocycles. The van der Waals surface area contributed by atoms with Crippen molar-refractivity contribution in [2.45, 2.75) is 0 Å². The van der Waals surface area contributed by atoms with Gasteiger partial charge in [-0.05, 0) is 23.3 Å². The van der Waals surface area contributed by atoms with Gasteiger partial charge in [0.05, 0.1) is 30.7 Å². The maximum absolute atomic E-state index is 13.3. The van der Waals surface area contributed by atoms with Gasteiger partial charge in [0.15, 0.2) is 0 Å². The van der Waals surface area contributed by atoms with Crippen LogP contribution in [0.25, 0.3) is 12.2 Å². The van der Waals surface area contributed by atoms with Crippen LogP contribution in [-0.2, 0) is 20.0 Å². The minimum atomic E-state index is -4.48. The van der Waals surface area contributed by atoms with Crippen LogP contribution in [0.4, 0.5) is 5.69 Å². The number of anilines is 1. The summed E-state index contributed by atoms with van der Waals surface area (Å²) in [4.78, 5) is 0. The van der Waals surface area contributed by atoms with E-state index >= 15 is 0 Å². The van der Waals surface area contributed by atoms with E-state index in [1.54, 1.807) is 60.7 Å². The lowest BCUT2D eigenvalue weighted by molar-refractivity contribution is 0.394. The molecule has 0 unspecified atom stereocenters. The minimum Gasteiger partial charge on any atom is -0.497 e. The second-order valence-corrected chi connectivity index (χ2v) is 10.4. The van der Waals surface area contributed by atoms with E-state index in [1.165, 1.54) is 44.6 Å². The Bertz CT molecular complexity index is 1250. The highest BCUT2D eigenvalue weighted by Gasteiger charge is 2.32. The van der Waals surface area contributed by atoms with Crippen LogP contribution >= 0.6 is 0 Å². The number of methoxy groups -OCH3 is 2. The highest BCUT2D eigenvalue weighted by atomic mass is 32.3. The van der Waals surface area contributed by atoms with E-state index < -0.39 is 20.0 Å². The average molecular weight is 486 g/mol. The fourth-order valence-electron chi connectivity index (χ4n) is 2.90. The molecule has 0 aromatic heterocycles. The third-order valence-corrected chi connectivity index (χ3v) is 8.03. The second kappa shape index (κ2) is 10.4. The van der Waals surface area contributed by atoms with Crippen LogP contribution in [0.2, 0.25) is 0 Å². The standard InChI is InChI=1S/C24H23NO6S2/c1-30-23-17-22(18-24(19-23)31-2)25(32(26,27)15-13-20-9-5-3-6-10-20)33(28,29)16-14-21-11-7-4-8-12-21/h3-19H,1-2H3/b15-13+,16-14+. The summed E-state index contributed by atoms with van der Waals surface area (Å²) in [5, 5.41) is 1.70. The Hall–Kier alpha value is -3.56. The van der Waals surface area contributed by atoms with Crippen molar-refractivity contribution in [1.29, 1.82) is 0 Å². The first-order valence-electron chi connectivity index (χ1n) is 9.75. The summed E-state index contributed by atoms with van der Waals surface area (Å²) in [6.07, 6.45) is 2.66. The van der Waals surface area contributed by atoms with Crippen LogP contribution in [0.1, 0.15) is 11.1 Å². The Morgan fingerprint density at radius 3 is 1.39 bits per heavy atom. The van der Waals surface area contributed by atoms with E-state index in [0.717, 1.165) is 10.8 Å². The predicted molar refractivity (Wildman–Crippen MR) is 131 cm³/mol. The Labute approximate surface area is 194 Å². The Kier molecular flexibility index (Phi) is 7.57. The highest BCUT2D eigenvalue weighted by Crippen LogP contribution is 2.33. The van der Waals surface area contributed by atoms with Gasteiger partial charge >= 0.3 is 0 Å². The number of sulfonamides is 2. The third kappa shape index (κ3) is 6.24. The summed E-state index contributed by atoms with van der Waals surface area (Å²) in [5.74, 6) is 0.470. The predicted octanol–water partition coefficient (Wildman–Crippen LogP) is 4.51. The normalized spacial score (nSPS) is 12.2. The van der Waals surface area contributed by atoms with Crippen LogP contribution in [0, 0.1) is 0 Å². The van der Waals surface area contributed by atoms with Gasteiger partial charge in [0.25, 0.3) is 20.0 Å². The van der Waals surface area contributed by atoms with Gasteiger partial charge in [0, 0.05) is 18.2 Å². The van der Waals surface area contributed by atoms with E-state index in [1.807, 2.05) is 0 Å². The van der Waals surface area contributed by atoms with Crippen LogP contribution < -0.4 is 13.2 Å². The number of hydrogen-bond acceptors (Lipinski definition) is 6. The van der Waals surface area contributed by atoms with Gasteiger partial charge in [-0.15, -0.1) is 0 Å². The smallest absolute Gasteiger partial charge is 0.270 e. The maximum atomic E-state index is 13.3. The molecule has 7 nitrogen and oxygen atoms in total. The van der Waals surface area contributed by atoms with Crippen molar-refractivity contribution in [3.05, 3.63) is 101 Å². The molecule has 0 fully saturated rings. The summed E-state index contributed by atoms with van der Waals surface area (Å²) in [6, 6.07) is 21.5. The van der Waals surface area contributed by atoms with Crippen LogP contribution in [-0.4, -0.2) is 31.1 Å². The first-order valence-corrected chi connectivity index (χ1v) is 12.8. The SMILES string of the molecule is COc1cc(OC)cc(N(S(=O)(=O)/C=C/c2ccccc2)S(=O)(=O)/C=C/c2ccccc2)c1. The van der Waals surface area contributed by atoms with Crippen LogP contribution in [0.3, 0.4) is 0 Å². The van der Waals surface area contributed by atoms with Gasteiger partial charge in [-0.2, -0.15) is 3.71 Å². The van der Waals surface area contributed by atoms with Crippen LogP contribution in [0.15, 0.2) is 89.7 Å². The molecule has 0 amide bonds. The van der Waals surface area contributed by atoms with Gasteiger partial charge < -0.3 is 9.47 Å². The molecule has 0 aliphatic carbocycles. The quantitative estimate of drug-likeness (QED) is 0.443. The number of hydrogen-bond donors (Lipinski definition) is 0. The number of rotatable bonds is 9. The molecule has 172 valence electrons. The summed E-state index contributed by atoms with van der Waals surface area (Å²) >= 11 is 0. The number of nitrogens with zero attached hydrogens (tertiary/aromatic N) is 1. The van der Waals surface area contributed by atoms with Crippen molar-refractivity contribution in [3.8, 4) is 11.5 Å². The molecule has 0 aliphatic rings. The zero-order valence-corrected chi connectivity index (χ0v) is 19.7. The molecule has 0 atom stereocenters. The minimum absolute atomic E-state index is 0.151. The Balaban J connectivity index is 2.14. The van der Waals surface area contributed by atoms with Crippen molar-refractivity contribution in [1.82, 2.24) is 0 Å². The zero-order chi connectivity index (χ0) is 23.9. The van der Waals surface area contributed by atoms with Crippen LogP contribution in [0.5, 0.6) is 11.5 Å². The molecule has 3 aromatic rings. The first kappa shape index (κ1) is 24.1. The lowest BCUT2D eigenvalue weighted by Gasteiger charge is -2.22. The molecule has 0 radical (unpaired) electrons. The van der Waals surface area contributed by atoms with Gasteiger partial charge in [-0.3, -0.25) is 0 Å². The van der Waals surface area contributed by atoms with Gasteiger partial charge in [0.2, 0.25) is 0 Å². The lowest BCUT2D eigenvalue weighted by Crippen LogP contribution is -2.34. The van der Waals surface area contributed by atoms with E-state index in [4.69, 9.17) is 9.47 Å². The Morgan fingerprint density at radius 1 is 0.636 bits per heavy atom. The summed E-state index contributed by atoms with van der Waals surface area (Å²) < 4.78 is 64.0. The number of benzene rings is 3. The molecule has 0 bridgehead atoms. The largest absolute Gasteiger partial charge is 0.497 e. The summed E-state index contributed by atoms with van der Waals surface area (Å²) in [7, 11) is -6.20. The van der Waals surface area contributed by atoms with Gasteiger partial charge in [0.1, 0.15) is 11.5 Å². The molecule has 0 heterocycles. The number of ether oxygens (including phenoxy) is 2. The molecule has 0 saturated carbocycles. The molecule has 33 heavy (non-hydrogen) atoms. The fourth-order valence-corrected chi connectivity index (χ4v) is 6.04. The van der Waals surface area contributed by atoms with Crippen molar-refractivity contribution < 1.29 is 26.3 Å². The first-order chi connectivity index (χ1) is 15.7.